The van der Waals surface area contributed by atoms with E-state index in [0.717, 1.165) is 5.52 Å². The van der Waals surface area contributed by atoms with Gasteiger partial charge < -0.3 is 23.5 Å². The fraction of sp³-hybridized carbons (Fsp3) is 0.375. The van der Waals surface area contributed by atoms with Crippen molar-refractivity contribution in [3.8, 4) is 11.5 Å². The van der Waals surface area contributed by atoms with Crippen molar-refractivity contribution in [3.05, 3.63) is 48.0 Å². The SMILES string of the molecule is CCOC(=O)[C@H]1C(=O)N(CCOC)c2nc3ccccc3n2[C@@H]1c1cc(OC)ccc1OC. The molecule has 9 nitrogen and oxygen atoms in total. The van der Waals surface area contributed by atoms with Crippen LogP contribution in [0.2, 0.25) is 0 Å². The van der Waals surface area contributed by atoms with Crippen molar-refractivity contribution < 1.29 is 28.5 Å². The number of nitrogens with zero attached hydrogens (tertiary/aromatic N) is 3. The van der Waals surface area contributed by atoms with Crippen LogP contribution in [0.4, 0.5) is 5.95 Å². The van der Waals surface area contributed by atoms with E-state index in [2.05, 4.69) is 0 Å². The smallest absolute Gasteiger partial charge is 0.321 e. The number of fused-ring (bicyclic) bond motifs is 3. The molecule has 0 fully saturated rings. The van der Waals surface area contributed by atoms with Crippen LogP contribution in [0.25, 0.3) is 11.0 Å². The van der Waals surface area contributed by atoms with Gasteiger partial charge in [-0.05, 0) is 37.3 Å². The Balaban J connectivity index is 2.03. The third kappa shape index (κ3) is 3.89. The fourth-order valence-corrected chi connectivity index (χ4v) is 4.29. The number of methoxy groups -OCH3 is 3. The number of ether oxygens (including phenoxy) is 4. The number of aromatic nitrogens is 2. The Labute approximate surface area is 191 Å². The highest BCUT2D eigenvalue weighted by molar-refractivity contribution is 6.08. The van der Waals surface area contributed by atoms with Gasteiger partial charge in [0.05, 0.1) is 51.1 Å². The molecule has 1 aliphatic rings. The van der Waals surface area contributed by atoms with Gasteiger partial charge in [-0.3, -0.25) is 14.5 Å². The number of esters is 1. The molecule has 3 aromatic rings. The van der Waals surface area contributed by atoms with Crippen LogP contribution in [0, 0.1) is 5.92 Å². The molecule has 0 bridgehead atoms. The van der Waals surface area contributed by atoms with Gasteiger partial charge in [-0.25, -0.2) is 4.98 Å². The number of rotatable bonds is 8. The van der Waals surface area contributed by atoms with E-state index in [4.69, 9.17) is 23.9 Å². The van der Waals surface area contributed by atoms with E-state index in [1.54, 1.807) is 46.5 Å². The van der Waals surface area contributed by atoms with Gasteiger partial charge in [0.25, 0.3) is 0 Å². The van der Waals surface area contributed by atoms with Gasteiger partial charge in [-0.15, -0.1) is 0 Å². The van der Waals surface area contributed by atoms with Crippen LogP contribution in [-0.4, -0.2) is 62.5 Å². The molecule has 0 spiro atoms. The van der Waals surface area contributed by atoms with Gasteiger partial charge in [0.1, 0.15) is 11.5 Å². The molecule has 174 valence electrons. The van der Waals surface area contributed by atoms with Crippen LogP contribution in [0.5, 0.6) is 11.5 Å². The quantitative estimate of drug-likeness (QED) is 0.383. The van der Waals surface area contributed by atoms with Crippen LogP contribution in [0.3, 0.4) is 0 Å². The number of anilines is 1. The van der Waals surface area contributed by atoms with Gasteiger partial charge in [0.15, 0.2) is 5.92 Å². The summed E-state index contributed by atoms with van der Waals surface area (Å²) in [5, 5.41) is 0. The van der Waals surface area contributed by atoms with Crippen LogP contribution in [-0.2, 0) is 19.1 Å². The molecule has 0 N–H and O–H groups in total. The van der Waals surface area contributed by atoms with Crippen LogP contribution >= 0.6 is 0 Å². The number of para-hydroxylation sites is 2. The molecule has 9 heteroatoms. The molecule has 2 heterocycles. The highest BCUT2D eigenvalue weighted by Crippen LogP contribution is 2.44. The van der Waals surface area contributed by atoms with Crippen LogP contribution in [0.15, 0.2) is 42.5 Å². The number of hydrogen-bond acceptors (Lipinski definition) is 7. The summed E-state index contributed by atoms with van der Waals surface area (Å²) in [7, 11) is 4.67. The first-order valence-electron chi connectivity index (χ1n) is 10.7. The van der Waals surface area contributed by atoms with Crippen molar-refractivity contribution in [1.82, 2.24) is 9.55 Å². The molecule has 1 amide bonds. The lowest BCUT2D eigenvalue weighted by atomic mass is 9.88. The first-order valence-corrected chi connectivity index (χ1v) is 10.7. The molecule has 1 aromatic heterocycles. The molecule has 33 heavy (non-hydrogen) atoms. The highest BCUT2D eigenvalue weighted by Gasteiger charge is 2.48. The highest BCUT2D eigenvalue weighted by atomic mass is 16.5. The summed E-state index contributed by atoms with van der Waals surface area (Å²) in [6.07, 6.45) is 0. The zero-order valence-corrected chi connectivity index (χ0v) is 19.1. The van der Waals surface area contributed by atoms with Crippen molar-refractivity contribution in [2.24, 2.45) is 5.92 Å². The second-order valence-corrected chi connectivity index (χ2v) is 7.54. The Morgan fingerprint density at radius 3 is 2.58 bits per heavy atom. The normalized spacial score (nSPS) is 17.7. The molecule has 0 saturated heterocycles. The minimum absolute atomic E-state index is 0.153. The van der Waals surface area contributed by atoms with E-state index < -0.39 is 23.8 Å². The number of benzene rings is 2. The van der Waals surface area contributed by atoms with Crippen molar-refractivity contribution >= 4 is 28.9 Å². The lowest BCUT2D eigenvalue weighted by Crippen LogP contribution is -2.51. The Morgan fingerprint density at radius 2 is 1.88 bits per heavy atom. The third-order valence-electron chi connectivity index (χ3n) is 5.76. The van der Waals surface area contributed by atoms with E-state index >= 15 is 0 Å². The summed E-state index contributed by atoms with van der Waals surface area (Å²) < 4.78 is 23.6. The van der Waals surface area contributed by atoms with Crippen LogP contribution < -0.4 is 14.4 Å². The number of hydrogen-bond donors (Lipinski definition) is 0. The average Bonchev–Trinajstić information content (AvgIpc) is 3.21. The third-order valence-corrected chi connectivity index (χ3v) is 5.76. The van der Waals surface area contributed by atoms with E-state index in [-0.39, 0.29) is 19.8 Å². The predicted octanol–water partition coefficient (Wildman–Crippen LogP) is 2.82. The molecule has 2 atom stereocenters. The van der Waals surface area contributed by atoms with Crippen LogP contribution in [0.1, 0.15) is 18.5 Å². The number of imidazole rings is 1. The average molecular weight is 453 g/mol. The zero-order chi connectivity index (χ0) is 23.5. The monoisotopic (exact) mass is 453 g/mol. The Morgan fingerprint density at radius 1 is 1.09 bits per heavy atom. The van der Waals surface area contributed by atoms with E-state index in [9.17, 15) is 9.59 Å². The lowest BCUT2D eigenvalue weighted by molar-refractivity contribution is -0.153. The number of carbonyl (C=O) groups is 2. The van der Waals surface area contributed by atoms with Gasteiger partial charge in [0, 0.05) is 12.7 Å². The molecule has 0 radical (unpaired) electrons. The first-order chi connectivity index (χ1) is 16.0. The first kappa shape index (κ1) is 22.6. The summed E-state index contributed by atoms with van der Waals surface area (Å²) in [6.45, 7) is 2.40. The number of carbonyl (C=O) groups excluding carboxylic acids is 2. The Bertz CT molecular complexity index is 1170. The minimum Gasteiger partial charge on any atom is -0.497 e. The molecule has 4 rings (SSSR count). The maximum Gasteiger partial charge on any atom is 0.321 e. The Kier molecular flexibility index (Phi) is 6.50. The molecule has 2 aromatic carbocycles. The second-order valence-electron chi connectivity index (χ2n) is 7.54. The molecule has 1 aliphatic heterocycles. The molecule has 0 saturated carbocycles. The molecular formula is C24H27N3O6. The predicted molar refractivity (Wildman–Crippen MR) is 122 cm³/mol. The van der Waals surface area contributed by atoms with E-state index in [0.29, 0.717) is 28.5 Å². The lowest BCUT2D eigenvalue weighted by Gasteiger charge is -2.38. The largest absolute Gasteiger partial charge is 0.497 e. The second kappa shape index (κ2) is 9.50. The summed E-state index contributed by atoms with van der Waals surface area (Å²) in [5.74, 6) is -0.612. The van der Waals surface area contributed by atoms with Gasteiger partial charge in [0.2, 0.25) is 11.9 Å². The summed E-state index contributed by atoms with van der Waals surface area (Å²) >= 11 is 0. The van der Waals surface area contributed by atoms with E-state index in [1.807, 2.05) is 28.8 Å². The minimum atomic E-state index is -1.15. The standard InChI is InChI=1S/C24H27N3O6/c1-5-33-23(29)20-21(16-14-15(31-3)10-11-19(16)32-4)27-18-9-7-6-8-17(18)25-24(27)26(22(20)28)12-13-30-2/h6-11,14,20-21H,5,12-13H2,1-4H3/t20-,21-/m1/s1. The Hall–Kier alpha value is -3.59. The van der Waals surface area contributed by atoms with Crippen molar-refractivity contribution in [2.45, 2.75) is 13.0 Å². The molecule has 0 unspecified atom stereocenters. The fourth-order valence-electron chi connectivity index (χ4n) is 4.29. The summed E-state index contributed by atoms with van der Waals surface area (Å²) in [6, 6.07) is 12.1. The van der Waals surface area contributed by atoms with Crippen molar-refractivity contribution in [1.29, 1.82) is 0 Å². The topological polar surface area (TPSA) is 92.1 Å². The summed E-state index contributed by atoms with van der Waals surface area (Å²) in [5.41, 5.74) is 2.12. The van der Waals surface area contributed by atoms with E-state index in [1.165, 1.54) is 4.90 Å². The van der Waals surface area contributed by atoms with Gasteiger partial charge in [-0.2, -0.15) is 0 Å². The van der Waals surface area contributed by atoms with Gasteiger partial charge >= 0.3 is 5.97 Å². The maximum atomic E-state index is 13.8. The molecule has 0 aliphatic carbocycles. The van der Waals surface area contributed by atoms with Gasteiger partial charge in [-0.1, -0.05) is 12.1 Å². The summed E-state index contributed by atoms with van der Waals surface area (Å²) in [4.78, 5) is 33.2. The molecular weight excluding hydrogens is 426 g/mol. The van der Waals surface area contributed by atoms with Crippen molar-refractivity contribution in [3.63, 3.8) is 0 Å². The maximum absolute atomic E-state index is 13.8. The zero-order valence-electron chi connectivity index (χ0n) is 19.1. The van der Waals surface area contributed by atoms with Crippen molar-refractivity contribution in [2.75, 3.05) is 46.0 Å². The number of amides is 1.